The second-order valence-corrected chi connectivity index (χ2v) is 5.59. The Morgan fingerprint density at radius 1 is 1.33 bits per heavy atom. The average Bonchev–Trinajstić information content (AvgIpc) is 2.91. The molecule has 0 saturated heterocycles. The molecule has 5 nitrogen and oxygen atoms in total. The summed E-state index contributed by atoms with van der Waals surface area (Å²) in [4.78, 5) is 16.2. The number of carbonyl (C=O) groups excluding carboxylic acids is 1. The van der Waals surface area contributed by atoms with Crippen LogP contribution in [0.3, 0.4) is 0 Å². The number of carbonyl (C=O) groups is 1. The normalized spacial score (nSPS) is 10.4. The molecular weight excluding hydrogens is 286 g/mol. The average molecular weight is 305 g/mol. The van der Waals surface area contributed by atoms with Crippen LogP contribution in [-0.4, -0.2) is 29.1 Å². The van der Waals surface area contributed by atoms with E-state index in [1.54, 1.807) is 23.5 Å². The summed E-state index contributed by atoms with van der Waals surface area (Å²) in [6, 6.07) is 7.32. The second-order valence-electron chi connectivity index (χ2n) is 4.65. The molecule has 0 unspecified atom stereocenters. The monoisotopic (exact) mass is 305 g/mol. The van der Waals surface area contributed by atoms with Crippen molar-refractivity contribution in [1.82, 2.24) is 10.3 Å². The minimum Gasteiger partial charge on any atom is -0.396 e. The number of aromatic nitrogens is 1. The van der Waals surface area contributed by atoms with Crippen LogP contribution in [0, 0.1) is 6.92 Å². The molecule has 0 aliphatic carbocycles. The maximum atomic E-state index is 11.8. The van der Waals surface area contributed by atoms with Crippen molar-refractivity contribution in [3.63, 3.8) is 0 Å². The lowest BCUT2D eigenvalue weighted by Crippen LogP contribution is -2.24. The van der Waals surface area contributed by atoms with Gasteiger partial charge in [0.1, 0.15) is 5.01 Å². The topological polar surface area (TPSA) is 74.2 Å². The summed E-state index contributed by atoms with van der Waals surface area (Å²) in [5.74, 6) is -0.120. The maximum Gasteiger partial charge on any atom is 0.251 e. The fourth-order valence-corrected chi connectivity index (χ4v) is 2.50. The molecular formula is C15H19N3O2S. The summed E-state index contributed by atoms with van der Waals surface area (Å²) in [7, 11) is 0. The Hall–Kier alpha value is -1.92. The standard InChI is InChI=1S/C15H19N3O2S/c1-11-10-21-14(18-11)9-17-13-5-3-12(4-6-13)15(20)16-7-2-8-19/h3-6,10,17,19H,2,7-9H2,1H3,(H,16,20). The van der Waals surface area contributed by atoms with E-state index < -0.39 is 0 Å². The van der Waals surface area contributed by atoms with E-state index in [0.717, 1.165) is 16.4 Å². The summed E-state index contributed by atoms with van der Waals surface area (Å²) >= 11 is 1.63. The molecule has 3 N–H and O–H groups in total. The molecule has 0 spiro atoms. The van der Waals surface area contributed by atoms with Crippen molar-refractivity contribution in [2.45, 2.75) is 19.9 Å². The highest BCUT2D eigenvalue weighted by molar-refractivity contribution is 7.09. The predicted molar refractivity (Wildman–Crippen MR) is 84.7 cm³/mol. The summed E-state index contributed by atoms with van der Waals surface area (Å²) in [6.45, 7) is 3.23. The lowest BCUT2D eigenvalue weighted by Gasteiger charge is -2.07. The quantitative estimate of drug-likeness (QED) is 0.685. The Morgan fingerprint density at radius 2 is 2.10 bits per heavy atom. The second kappa shape index (κ2) is 7.75. The van der Waals surface area contributed by atoms with Crippen LogP contribution in [0.15, 0.2) is 29.6 Å². The highest BCUT2D eigenvalue weighted by atomic mass is 32.1. The molecule has 0 fully saturated rings. The number of nitrogens with one attached hydrogen (secondary N) is 2. The molecule has 0 aliphatic rings. The van der Waals surface area contributed by atoms with Gasteiger partial charge in [0.05, 0.1) is 6.54 Å². The molecule has 0 saturated carbocycles. The molecule has 0 atom stereocenters. The van der Waals surface area contributed by atoms with Gasteiger partial charge < -0.3 is 15.7 Å². The van der Waals surface area contributed by atoms with Gasteiger partial charge in [0.25, 0.3) is 5.91 Å². The number of hydrogen-bond acceptors (Lipinski definition) is 5. The number of amides is 1. The van der Waals surface area contributed by atoms with Crippen LogP contribution in [0.4, 0.5) is 5.69 Å². The Balaban J connectivity index is 1.85. The van der Waals surface area contributed by atoms with E-state index in [2.05, 4.69) is 15.6 Å². The van der Waals surface area contributed by atoms with Gasteiger partial charge in [0.2, 0.25) is 0 Å². The van der Waals surface area contributed by atoms with E-state index in [1.165, 1.54) is 0 Å². The zero-order chi connectivity index (χ0) is 15.1. The van der Waals surface area contributed by atoms with Gasteiger partial charge in [0.15, 0.2) is 0 Å². The van der Waals surface area contributed by atoms with E-state index >= 15 is 0 Å². The third-order valence-corrected chi connectivity index (χ3v) is 3.84. The number of aliphatic hydroxyl groups is 1. The minimum absolute atomic E-state index is 0.0827. The summed E-state index contributed by atoms with van der Waals surface area (Å²) in [6.07, 6.45) is 0.568. The van der Waals surface area contributed by atoms with Crippen molar-refractivity contribution in [1.29, 1.82) is 0 Å². The number of aryl methyl sites for hydroxylation is 1. The van der Waals surface area contributed by atoms with Gasteiger partial charge in [-0.1, -0.05) is 0 Å². The molecule has 1 heterocycles. The van der Waals surface area contributed by atoms with Crippen molar-refractivity contribution < 1.29 is 9.90 Å². The smallest absolute Gasteiger partial charge is 0.251 e. The minimum atomic E-state index is -0.120. The molecule has 0 bridgehead atoms. The van der Waals surface area contributed by atoms with E-state index in [-0.39, 0.29) is 12.5 Å². The highest BCUT2D eigenvalue weighted by Crippen LogP contribution is 2.13. The Bertz CT molecular complexity index is 581. The van der Waals surface area contributed by atoms with E-state index in [1.807, 2.05) is 24.4 Å². The van der Waals surface area contributed by atoms with Crippen molar-refractivity contribution in [2.24, 2.45) is 0 Å². The molecule has 2 aromatic rings. The number of benzene rings is 1. The number of hydrogen-bond donors (Lipinski definition) is 3. The molecule has 21 heavy (non-hydrogen) atoms. The lowest BCUT2D eigenvalue weighted by molar-refractivity contribution is 0.0951. The Labute approximate surface area is 128 Å². The first-order chi connectivity index (χ1) is 10.2. The van der Waals surface area contributed by atoms with Crippen LogP contribution in [0.5, 0.6) is 0 Å². The largest absolute Gasteiger partial charge is 0.396 e. The van der Waals surface area contributed by atoms with Crippen LogP contribution in [0.2, 0.25) is 0 Å². The van der Waals surface area contributed by atoms with Gasteiger partial charge in [-0.2, -0.15) is 0 Å². The van der Waals surface area contributed by atoms with Gasteiger partial charge in [-0.25, -0.2) is 4.98 Å². The lowest BCUT2D eigenvalue weighted by atomic mass is 10.2. The zero-order valence-corrected chi connectivity index (χ0v) is 12.7. The van der Waals surface area contributed by atoms with Gasteiger partial charge in [-0.05, 0) is 37.6 Å². The molecule has 2 rings (SSSR count). The van der Waals surface area contributed by atoms with Crippen LogP contribution in [-0.2, 0) is 6.54 Å². The van der Waals surface area contributed by atoms with Crippen LogP contribution in [0.25, 0.3) is 0 Å². The van der Waals surface area contributed by atoms with E-state index in [0.29, 0.717) is 25.1 Å². The molecule has 6 heteroatoms. The Morgan fingerprint density at radius 3 is 2.71 bits per heavy atom. The predicted octanol–water partition coefficient (Wildman–Crippen LogP) is 2.18. The number of nitrogens with zero attached hydrogens (tertiary/aromatic N) is 1. The fraction of sp³-hybridized carbons (Fsp3) is 0.333. The number of aliphatic hydroxyl groups excluding tert-OH is 1. The van der Waals surface area contributed by atoms with Crippen molar-refractivity contribution in [3.8, 4) is 0 Å². The van der Waals surface area contributed by atoms with Gasteiger partial charge in [0, 0.05) is 35.5 Å². The maximum absolute atomic E-state index is 11.8. The Kier molecular flexibility index (Phi) is 5.71. The van der Waals surface area contributed by atoms with Crippen molar-refractivity contribution in [3.05, 3.63) is 45.9 Å². The first-order valence-electron chi connectivity index (χ1n) is 6.83. The van der Waals surface area contributed by atoms with E-state index in [4.69, 9.17) is 5.11 Å². The van der Waals surface area contributed by atoms with E-state index in [9.17, 15) is 4.79 Å². The highest BCUT2D eigenvalue weighted by Gasteiger charge is 2.04. The SMILES string of the molecule is Cc1csc(CNc2ccc(C(=O)NCCCO)cc2)n1. The fourth-order valence-electron chi connectivity index (χ4n) is 1.78. The summed E-state index contributed by atoms with van der Waals surface area (Å²) < 4.78 is 0. The summed E-state index contributed by atoms with van der Waals surface area (Å²) in [5, 5.41) is 17.8. The van der Waals surface area contributed by atoms with Crippen LogP contribution in [0.1, 0.15) is 27.5 Å². The van der Waals surface area contributed by atoms with Crippen molar-refractivity contribution in [2.75, 3.05) is 18.5 Å². The third kappa shape index (κ3) is 4.84. The molecule has 0 radical (unpaired) electrons. The number of rotatable bonds is 7. The van der Waals surface area contributed by atoms with Crippen molar-refractivity contribution >= 4 is 22.9 Å². The van der Waals surface area contributed by atoms with Crippen LogP contribution >= 0.6 is 11.3 Å². The molecule has 1 amide bonds. The zero-order valence-electron chi connectivity index (χ0n) is 11.9. The number of anilines is 1. The molecule has 112 valence electrons. The first-order valence-corrected chi connectivity index (χ1v) is 7.71. The van der Waals surface area contributed by atoms with Gasteiger partial charge >= 0.3 is 0 Å². The summed E-state index contributed by atoms with van der Waals surface area (Å²) in [5.41, 5.74) is 2.60. The number of thiazole rings is 1. The third-order valence-electron chi connectivity index (χ3n) is 2.88. The molecule has 0 aliphatic heterocycles. The molecule has 1 aromatic heterocycles. The van der Waals surface area contributed by atoms with Gasteiger partial charge in [-0.15, -0.1) is 11.3 Å². The van der Waals surface area contributed by atoms with Crippen LogP contribution < -0.4 is 10.6 Å². The molecule has 1 aromatic carbocycles. The van der Waals surface area contributed by atoms with Gasteiger partial charge in [-0.3, -0.25) is 4.79 Å². The first kappa shape index (κ1) is 15.5.